The molecule has 0 radical (unpaired) electrons. The molecule has 0 fully saturated rings. The Hall–Kier alpha value is -1.96. The Morgan fingerprint density at radius 1 is 0.613 bits per heavy atom. The van der Waals surface area contributed by atoms with Gasteiger partial charge in [-0.05, 0) is 76.3 Å². The molecule has 0 bridgehead atoms. The highest BCUT2D eigenvalue weighted by molar-refractivity contribution is 5.53. The summed E-state index contributed by atoms with van der Waals surface area (Å²) in [6.45, 7) is 17.3. The van der Waals surface area contributed by atoms with E-state index in [1.54, 1.807) is 0 Å². The van der Waals surface area contributed by atoms with Gasteiger partial charge in [0.25, 0.3) is 0 Å². The number of aromatic hydroxyl groups is 2. The number of benzene rings is 2. The van der Waals surface area contributed by atoms with Crippen molar-refractivity contribution >= 4 is 0 Å². The van der Waals surface area contributed by atoms with Crippen LogP contribution in [0, 0.1) is 0 Å². The summed E-state index contributed by atoms with van der Waals surface area (Å²) < 4.78 is 0. The smallest absolute Gasteiger partial charge is 0.122 e. The van der Waals surface area contributed by atoms with Crippen LogP contribution in [0.3, 0.4) is 0 Å². The summed E-state index contributed by atoms with van der Waals surface area (Å²) in [7, 11) is 0. The monoisotopic (exact) mass is 424 g/mol. The lowest BCUT2D eigenvalue weighted by molar-refractivity contribution is 0.437. The number of hydrogen-bond donors (Lipinski definition) is 2. The molecule has 0 aromatic heterocycles. The van der Waals surface area contributed by atoms with Crippen LogP contribution >= 0.6 is 0 Å². The molecular weight excluding hydrogens is 380 g/mol. The second-order valence-electron chi connectivity index (χ2n) is 11.1. The minimum Gasteiger partial charge on any atom is -0.507 e. The summed E-state index contributed by atoms with van der Waals surface area (Å²) in [5, 5.41) is 22.4. The van der Waals surface area contributed by atoms with Crippen LogP contribution in [-0.4, -0.2) is 10.2 Å². The predicted octanol–water partition coefficient (Wildman–Crippen LogP) is 7.97. The second kappa shape index (κ2) is 10.1. The Balaban J connectivity index is 2.58. The summed E-state index contributed by atoms with van der Waals surface area (Å²) in [5.41, 5.74) is 6.36. The molecule has 2 N–H and O–H groups in total. The van der Waals surface area contributed by atoms with Crippen LogP contribution in [0.5, 0.6) is 11.5 Å². The maximum atomic E-state index is 11.2. The first kappa shape index (κ1) is 25.3. The molecular formula is C29H44O2. The van der Waals surface area contributed by atoms with Crippen LogP contribution in [0.4, 0.5) is 0 Å². The van der Waals surface area contributed by atoms with Crippen molar-refractivity contribution in [3.63, 3.8) is 0 Å². The topological polar surface area (TPSA) is 40.5 Å². The van der Waals surface area contributed by atoms with Crippen molar-refractivity contribution in [2.24, 2.45) is 0 Å². The van der Waals surface area contributed by atoms with E-state index >= 15 is 0 Å². The molecule has 0 amide bonds. The van der Waals surface area contributed by atoms with Gasteiger partial charge in [-0.3, -0.25) is 0 Å². The van der Waals surface area contributed by atoms with Crippen molar-refractivity contribution in [2.45, 2.75) is 111 Å². The number of rotatable bonds is 8. The molecule has 0 heterocycles. The lowest BCUT2D eigenvalue weighted by Gasteiger charge is -2.25. The first-order valence-electron chi connectivity index (χ1n) is 12.1. The van der Waals surface area contributed by atoms with Crippen LogP contribution in [-0.2, 0) is 30.1 Å². The van der Waals surface area contributed by atoms with E-state index in [2.05, 4.69) is 79.7 Å². The van der Waals surface area contributed by atoms with Gasteiger partial charge in [0.1, 0.15) is 11.5 Å². The molecule has 2 nitrogen and oxygen atoms in total. The van der Waals surface area contributed by atoms with Gasteiger partial charge in [0.05, 0.1) is 0 Å². The van der Waals surface area contributed by atoms with Gasteiger partial charge in [-0.1, -0.05) is 92.5 Å². The van der Waals surface area contributed by atoms with Gasteiger partial charge >= 0.3 is 0 Å². The SMILES string of the molecule is CCCCc1c(Cc2ccc(C(C)(C)C)c(O)c2CCCC)ccc(C(C)(C)C)c1O. The first-order valence-corrected chi connectivity index (χ1v) is 12.1. The van der Waals surface area contributed by atoms with E-state index in [0.29, 0.717) is 11.5 Å². The van der Waals surface area contributed by atoms with E-state index in [0.717, 1.165) is 67.2 Å². The summed E-state index contributed by atoms with van der Waals surface area (Å²) in [6, 6.07) is 8.58. The lowest BCUT2D eigenvalue weighted by Crippen LogP contribution is -2.14. The summed E-state index contributed by atoms with van der Waals surface area (Å²) in [5.74, 6) is 0.924. The predicted molar refractivity (Wildman–Crippen MR) is 134 cm³/mol. The van der Waals surface area contributed by atoms with Crippen LogP contribution in [0.2, 0.25) is 0 Å². The highest BCUT2D eigenvalue weighted by Gasteiger charge is 2.24. The maximum Gasteiger partial charge on any atom is 0.122 e. The number of hydrogen-bond acceptors (Lipinski definition) is 2. The van der Waals surface area contributed by atoms with Gasteiger partial charge in [0, 0.05) is 0 Å². The quantitative estimate of drug-likeness (QED) is 0.451. The molecule has 2 heteroatoms. The fraction of sp³-hybridized carbons (Fsp3) is 0.586. The Morgan fingerprint density at radius 3 is 1.26 bits per heavy atom. The van der Waals surface area contributed by atoms with Crippen molar-refractivity contribution in [3.05, 3.63) is 57.6 Å². The molecule has 31 heavy (non-hydrogen) atoms. The summed E-state index contributed by atoms with van der Waals surface area (Å²) >= 11 is 0. The van der Waals surface area contributed by atoms with Crippen molar-refractivity contribution in [1.82, 2.24) is 0 Å². The largest absolute Gasteiger partial charge is 0.507 e. The van der Waals surface area contributed by atoms with E-state index in [1.807, 2.05) is 0 Å². The fourth-order valence-electron chi connectivity index (χ4n) is 4.37. The standard InChI is InChI=1S/C29H44O2/c1-9-11-13-22-20(15-17-24(26(22)30)28(3,4)5)19-21-16-18-25(29(6,7)8)27(31)23(21)14-12-10-2/h15-18,30-31H,9-14,19H2,1-8H3. The number of unbranched alkanes of at least 4 members (excludes halogenated alkanes) is 2. The van der Waals surface area contributed by atoms with Gasteiger partial charge in [-0.15, -0.1) is 0 Å². The van der Waals surface area contributed by atoms with Crippen molar-refractivity contribution in [2.75, 3.05) is 0 Å². The van der Waals surface area contributed by atoms with Crippen LogP contribution in [0.25, 0.3) is 0 Å². The molecule has 0 aliphatic heterocycles. The van der Waals surface area contributed by atoms with Crippen LogP contribution in [0.1, 0.15) is 114 Å². The minimum absolute atomic E-state index is 0.0948. The first-order chi connectivity index (χ1) is 14.4. The Kier molecular flexibility index (Phi) is 8.25. The molecule has 172 valence electrons. The minimum atomic E-state index is -0.0948. The average Bonchev–Trinajstić information content (AvgIpc) is 2.65. The molecule has 2 aromatic rings. The van der Waals surface area contributed by atoms with E-state index < -0.39 is 0 Å². The molecule has 0 unspecified atom stereocenters. The van der Waals surface area contributed by atoms with Gasteiger partial charge in [0.2, 0.25) is 0 Å². The van der Waals surface area contributed by atoms with E-state index in [4.69, 9.17) is 0 Å². The Morgan fingerprint density at radius 2 is 0.968 bits per heavy atom. The maximum absolute atomic E-state index is 11.2. The third-order valence-corrected chi connectivity index (χ3v) is 6.32. The van der Waals surface area contributed by atoms with E-state index in [1.165, 1.54) is 11.1 Å². The normalized spacial score (nSPS) is 12.4. The highest BCUT2D eigenvalue weighted by atomic mass is 16.3. The Labute approximate surface area is 190 Å². The zero-order valence-electron chi connectivity index (χ0n) is 21.2. The second-order valence-corrected chi connectivity index (χ2v) is 11.1. The highest BCUT2D eigenvalue weighted by Crippen LogP contribution is 2.39. The van der Waals surface area contributed by atoms with Crippen molar-refractivity contribution in [1.29, 1.82) is 0 Å². The van der Waals surface area contributed by atoms with Gasteiger partial charge in [-0.25, -0.2) is 0 Å². The molecule has 2 aromatic carbocycles. The summed E-state index contributed by atoms with van der Waals surface area (Å²) in [4.78, 5) is 0. The molecule has 0 saturated heterocycles. The molecule has 0 aliphatic rings. The summed E-state index contributed by atoms with van der Waals surface area (Å²) in [6.07, 6.45) is 6.84. The Bertz CT molecular complexity index is 806. The van der Waals surface area contributed by atoms with Gasteiger partial charge in [0.15, 0.2) is 0 Å². The van der Waals surface area contributed by atoms with E-state index in [9.17, 15) is 10.2 Å². The van der Waals surface area contributed by atoms with E-state index in [-0.39, 0.29) is 10.8 Å². The fourth-order valence-corrected chi connectivity index (χ4v) is 4.37. The van der Waals surface area contributed by atoms with Crippen LogP contribution in [0.15, 0.2) is 24.3 Å². The van der Waals surface area contributed by atoms with Crippen LogP contribution < -0.4 is 0 Å². The third-order valence-electron chi connectivity index (χ3n) is 6.32. The third kappa shape index (κ3) is 6.05. The average molecular weight is 425 g/mol. The molecule has 0 saturated carbocycles. The zero-order chi connectivity index (χ0) is 23.4. The molecule has 0 atom stereocenters. The molecule has 0 aliphatic carbocycles. The lowest BCUT2D eigenvalue weighted by atomic mass is 9.80. The zero-order valence-corrected chi connectivity index (χ0v) is 21.2. The van der Waals surface area contributed by atoms with Crippen molar-refractivity contribution in [3.8, 4) is 11.5 Å². The van der Waals surface area contributed by atoms with Crippen molar-refractivity contribution < 1.29 is 10.2 Å². The number of phenolic OH excluding ortho intramolecular Hbond substituents is 2. The van der Waals surface area contributed by atoms with Gasteiger partial charge < -0.3 is 10.2 Å². The van der Waals surface area contributed by atoms with Gasteiger partial charge in [-0.2, -0.15) is 0 Å². The molecule has 0 spiro atoms. The number of phenols is 2. The molecule has 2 rings (SSSR count).